The highest BCUT2D eigenvalue weighted by molar-refractivity contribution is 7.99. The lowest BCUT2D eigenvalue weighted by Gasteiger charge is -2.20. The summed E-state index contributed by atoms with van der Waals surface area (Å²) in [5.41, 5.74) is 5.90. The van der Waals surface area contributed by atoms with Gasteiger partial charge < -0.3 is 15.9 Å². The minimum atomic E-state index is -0.656. The Morgan fingerprint density at radius 3 is 2.80 bits per heavy atom. The van der Waals surface area contributed by atoms with E-state index in [-0.39, 0.29) is 17.9 Å². The van der Waals surface area contributed by atoms with Gasteiger partial charge in [-0.3, -0.25) is 0 Å². The molecule has 0 aliphatic rings. The average molecular weight is 247 g/mol. The van der Waals surface area contributed by atoms with Crippen molar-refractivity contribution in [3.8, 4) is 0 Å². The molecule has 3 nitrogen and oxygen atoms in total. The fraction of sp³-hybridized carbons (Fsp3) is 0.600. The standard InChI is InChI=1S/C10H17NO2S2/c1-7(11)10(9-3-2-4-14-9)15-6-8(13)5-12/h2-4,7-8,10,12-13H,5-6,11H2,1H3. The maximum absolute atomic E-state index is 9.28. The number of thioether (sulfide) groups is 1. The third kappa shape index (κ3) is 4.12. The molecule has 0 radical (unpaired) electrons. The van der Waals surface area contributed by atoms with Crippen molar-refractivity contribution in [1.82, 2.24) is 0 Å². The van der Waals surface area contributed by atoms with E-state index < -0.39 is 6.10 Å². The molecular formula is C10H17NO2S2. The van der Waals surface area contributed by atoms with Crippen LogP contribution in [0.2, 0.25) is 0 Å². The molecule has 1 aromatic rings. The van der Waals surface area contributed by atoms with Crippen molar-refractivity contribution in [1.29, 1.82) is 0 Å². The van der Waals surface area contributed by atoms with Crippen LogP contribution in [0.5, 0.6) is 0 Å². The molecule has 1 heterocycles. The van der Waals surface area contributed by atoms with Gasteiger partial charge in [-0.15, -0.1) is 23.1 Å². The Morgan fingerprint density at radius 1 is 1.60 bits per heavy atom. The van der Waals surface area contributed by atoms with Crippen LogP contribution in [0.15, 0.2) is 17.5 Å². The third-order valence-electron chi connectivity index (χ3n) is 1.98. The summed E-state index contributed by atoms with van der Waals surface area (Å²) in [7, 11) is 0. The number of rotatable bonds is 6. The lowest BCUT2D eigenvalue weighted by Crippen LogP contribution is -2.24. The van der Waals surface area contributed by atoms with Crippen molar-refractivity contribution in [3.05, 3.63) is 22.4 Å². The second-order valence-corrected chi connectivity index (χ2v) is 5.62. The second kappa shape index (κ2) is 6.50. The Hall–Kier alpha value is -0.0700. The van der Waals surface area contributed by atoms with Crippen LogP contribution < -0.4 is 5.73 Å². The summed E-state index contributed by atoms with van der Waals surface area (Å²) >= 11 is 3.27. The Bertz CT molecular complexity index is 264. The Labute approximate surface area is 98.3 Å². The topological polar surface area (TPSA) is 66.5 Å². The molecule has 0 amide bonds. The summed E-state index contributed by atoms with van der Waals surface area (Å²) < 4.78 is 0. The molecule has 0 saturated carbocycles. The van der Waals surface area contributed by atoms with Gasteiger partial charge in [0.15, 0.2) is 0 Å². The van der Waals surface area contributed by atoms with E-state index in [1.165, 1.54) is 4.88 Å². The second-order valence-electron chi connectivity index (χ2n) is 3.46. The predicted molar refractivity (Wildman–Crippen MR) is 66.3 cm³/mol. The molecule has 3 atom stereocenters. The van der Waals surface area contributed by atoms with Crippen molar-refractivity contribution in [2.45, 2.75) is 24.3 Å². The summed E-state index contributed by atoms with van der Waals surface area (Å²) in [6, 6.07) is 4.09. The van der Waals surface area contributed by atoms with E-state index in [1.54, 1.807) is 23.1 Å². The number of nitrogens with two attached hydrogens (primary N) is 1. The average Bonchev–Trinajstić information content (AvgIpc) is 2.70. The smallest absolute Gasteiger partial charge is 0.0861 e. The first kappa shape index (κ1) is 13.0. The zero-order valence-corrected chi connectivity index (χ0v) is 10.3. The van der Waals surface area contributed by atoms with Crippen molar-refractivity contribution in [2.75, 3.05) is 12.4 Å². The van der Waals surface area contributed by atoms with Gasteiger partial charge in [0, 0.05) is 16.7 Å². The van der Waals surface area contributed by atoms with Gasteiger partial charge in [0.1, 0.15) is 0 Å². The minimum absolute atomic E-state index is 0.0412. The van der Waals surface area contributed by atoms with Crippen LogP contribution in [-0.4, -0.2) is 34.7 Å². The first-order valence-corrected chi connectivity index (χ1v) is 6.77. The van der Waals surface area contributed by atoms with Gasteiger partial charge >= 0.3 is 0 Å². The maximum Gasteiger partial charge on any atom is 0.0861 e. The molecule has 4 N–H and O–H groups in total. The molecule has 0 aliphatic carbocycles. The van der Waals surface area contributed by atoms with Crippen LogP contribution in [-0.2, 0) is 0 Å². The normalized spacial score (nSPS) is 17.3. The molecule has 0 saturated heterocycles. The zero-order valence-electron chi connectivity index (χ0n) is 8.67. The molecule has 0 aliphatic heterocycles. The fourth-order valence-electron chi connectivity index (χ4n) is 1.21. The van der Waals surface area contributed by atoms with Crippen molar-refractivity contribution in [3.63, 3.8) is 0 Å². The lowest BCUT2D eigenvalue weighted by atomic mass is 10.2. The summed E-state index contributed by atoms with van der Waals surface area (Å²) in [6.07, 6.45) is -0.656. The Morgan fingerprint density at radius 2 is 2.33 bits per heavy atom. The van der Waals surface area contributed by atoms with E-state index in [4.69, 9.17) is 10.8 Å². The van der Waals surface area contributed by atoms with Gasteiger partial charge in [0.2, 0.25) is 0 Å². The van der Waals surface area contributed by atoms with Crippen molar-refractivity contribution in [2.24, 2.45) is 5.73 Å². The number of hydrogen-bond donors (Lipinski definition) is 3. The molecular weight excluding hydrogens is 230 g/mol. The molecule has 0 fully saturated rings. The van der Waals surface area contributed by atoms with Gasteiger partial charge in [0.25, 0.3) is 0 Å². The van der Waals surface area contributed by atoms with Crippen LogP contribution in [0.1, 0.15) is 17.1 Å². The summed E-state index contributed by atoms with van der Waals surface area (Å²) in [6.45, 7) is 1.77. The number of aliphatic hydroxyl groups is 2. The van der Waals surface area contributed by atoms with E-state index in [2.05, 4.69) is 6.07 Å². The summed E-state index contributed by atoms with van der Waals surface area (Å²) in [5, 5.41) is 20.2. The molecule has 1 aromatic heterocycles. The predicted octanol–water partition coefficient (Wildman–Crippen LogP) is 1.22. The SMILES string of the molecule is CC(N)C(SCC(O)CO)c1cccs1. The molecule has 1 rings (SSSR count). The van der Waals surface area contributed by atoms with Crippen LogP contribution in [0.3, 0.4) is 0 Å². The lowest BCUT2D eigenvalue weighted by molar-refractivity contribution is 0.113. The molecule has 0 aromatic carbocycles. The fourth-order valence-corrected chi connectivity index (χ4v) is 3.49. The molecule has 15 heavy (non-hydrogen) atoms. The minimum Gasteiger partial charge on any atom is -0.394 e. The van der Waals surface area contributed by atoms with Gasteiger partial charge in [-0.2, -0.15) is 0 Å². The number of hydrogen-bond acceptors (Lipinski definition) is 5. The zero-order chi connectivity index (χ0) is 11.3. The van der Waals surface area contributed by atoms with Gasteiger partial charge in [-0.05, 0) is 18.4 Å². The molecule has 0 spiro atoms. The summed E-state index contributed by atoms with van der Waals surface area (Å²) in [5.74, 6) is 0.514. The Kier molecular flexibility index (Phi) is 5.63. The maximum atomic E-state index is 9.28. The van der Waals surface area contributed by atoms with Gasteiger partial charge in [-0.1, -0.05) is 6.07 Å². The highest BCUT2D eigenvalue weighted by Gasteiger charge is 2.18. The van der Waals surface area contributed by atoms with Gasteiger partial charge in [-0.25, -0.2) is 0 Å². The van der Waals surface area contributed by atoms with Crippen LogP contribution >= 0.6 is 23.1 Å². The highest BCUT2D eigenvalue weighted by atomic mass is 32.2. The largest absolute Gasteiger partial charge is 0.394 e. The van der Waals surface area contributed by atoms with Crippen molar-refractivity contribution >= 4 is 23.1 Å². The molecule has 86 valence electrons. The van der Waals surface area contributed by atoms with Crippen molar-refractivity contribution < 1.29 is 10.2 Å². The number of thiophene rings is 1. The molecule has 3 unspecified atom stereocenters. The van der Waals surface area contributed by atoms with E-state index >= 15 is 0 Å². The quantitative estimate of drug-likeness (QED) is 0.707. The van der Waals surface area contributed by atoms with Crippen LogP contribution in [0.25, 0.3) is 0 Å². The van der Waals surface area contributed by atoms with E-state index in [1.807, 2.05) is 18.4 Å². The van der Waals surface area contributed by atoms with Gasteiger partial charge in [0.05, 0.1) is 18.0 Å². The first-order chi connectivity index (χ1) is 7.15. The van der Waals surface area contributed by atoms with E-state index in [9.17, 15) is 5.11 Å². The van der Waals surface area contributed by atoms with E-state index in [0.29, 0.717) is 5.75 Å². The molecule has 5 heteroatoms. The third-order valence-corrected chi connectivity index (χ3v) is 4.70. The Balaban J connectivity index is 2.53. The number of aliphatic hydroxyl groups excluding tert-OH is 2. The highest BCUT2D eigenvalue weighted by Crippen LogP contribution is 2.34. The first-order valence-electron chi connectivity index (χ1n) is 4.84. The van der Waals surface area contributed by atoms with Crippen LogP contribution in [0.4, 0.5) is 0 Å². The summed E-state index contributed by atoms with van der Waals surface area (Å²) in [4.78, 5) is 1.22. The van der Waals surface area contributed by atoms with E-state index in [0.717, 1.165) is 0 Å². The molecule has 0 bridgehead atoms. The monoisotopic (exact) mass is 247 g/mol. The van der Waals surface area contributed by atoms with Crippen LogP contribution in [0, 0.1) is 0 Å².